The first kappa shape index (κ1) is 25.7. The van der Waals surface area contributed by atoms with Crippen molar-refractivity contribution < 1.29 is 17.9 Å². The molecule has 174 valence electrons. The summed E-state index contributed by atoms with van der Waals surface area (Å²) < 4.78 is 46.4. The predicted molar refractivity (Wildman–Crippen MR) is 127 cm³/mol. The average Bonchev–Trinajstić information content (AvgIpc) is 3.17. The maximum atomic E-state index is 12.9. The summed E-state index contributed by atoms with van der Waals surface area (Å²) in [7, 11) is 0. The standard InChI is InChI=1S/C21H25F3N6O.HI/c1-3-16(31-17-9-7-8-15(12-17)21(22,23)24)13-26-20(25-4-2)27-14-19-29-28-18-10-5-6-11-30(18)19;/h5-12,16H,3-4,13-14H2,1-2H3,(H2,25,26,27);1H. The number of halogens is 4. The van der Waals surface area contributed by atoms with Crippen LogP contribution in [0.1, 0.15) is 31.7 Å². The Balaban J connectivity index is 0.00000363. The summed E-state index contributed by atoms with van der Waals surface area (Å²) in [5.74, 6) is 1.43. The third kappa shape index (κ3) is 6.97. The van der Waals surface area contributed by atoms with Gasteiger partial charge in [0.05, 0.1) is 12.1 Å². The number of pyridine rings is 1. The van der Waals surface area contributed by atoms with Crippen LogP contribution in [-0.4, -0.2) is 39.8 Å². The number of ether oxygens (including phenoxy) is 1. The van der Waals surface area contributed by atoms with Gasteiger partial charge in [0, 0.05) is 12.7 Å². The highest BCUT2D eigenvalue weighted by Gasteiger charge is 2.30. The number of aliphatic imine (C=N–C) groups is 1. The number of alkyl halides is 3. The molecule has 7 nitrogen and oxygen atoms in total. The van der Waals surface area contributed by atoms with Gasteiger partial charge >= 0.3 is 6.18 Å². The first-order chi connectivity index (χ1) is 14.9. The Labute approximate surface area is 201 Å². The normalized spacial score (nSPS) is 12.8. The van der Waals surface area contributed by atoms with Crippen molar-refractivity contribution in [1.29, 1.82) is 0 Å². The van der Waals surface area contributed by atoms with E-state index in [-0.39, 0.29) is 35.8 Å². The molecule has 0 radical (unpaired) electrons. The van der Waals surface area contributed by atoms with Gasteiger partial charge in [0.2, 0.25) is 0 Å². The van der Waals surface area contributed by atoms with E-state index in [0.29, 0.717) is 37.8 Å². The van der Waals surface area contributed by atoms with Crippen LogP contribution in [0, 0.1) is 0 Å². The van der Waals surface area contributed by atoms with Crippen LogP contribution in [0.2, 0.25) is 0 Å². The molecule has 1 aromatic carbocycles. The summed E-state index contributed by atoms with van der Waals surface area (Å²) in [6.45, 7) is 5.19. The van der Waals surface area contributed by atoms with E-state index < -0.39 is 11.7 Å². The molecule has 2 N–H and O–H groups in total. The molecule has 0 aliphatic heterocycles. The van der Waals surface area contributed by atoms with Crippen LogP contribution in [-0.2, 0) is 12.7 Å². The monoisotopic (exact) mass is 562 g/mol. The fraction of sp³-hybridized carbons (Fsp3) is 0.381. The topological polar surface area (TPSA) is 75.8 Å². The minimum Gasteiger partial charge on any atom is -0.489 e. The van der Waals surface area contributed by atoms with Gasteiger partial charge in [0.15, 0.2) is 17.4 Å². The number of nitrogens with one attached hydrogen (secondary N) is 2. The van der Waals surface area contributed by atoms with Gasteiger partial charge in [0.1, 0.15) is 18.4 Å². The smallest absolute Gasteiger partial charge is 0.416 e. The Bertz CT molecular complexity index is 1020. The van der Waals surface area contributed by atoms with Gasteiger partial charge in [-0.1, -0.05) is 19.1 Å². The largest absolute Gasteiger partial charge is 0.489 e. The lowest BCUT2D eigenvalue weighted by atomic mass is 10.2. The van der Waals surface area contributed by atoms with Crippen molar-refractivity contribution in [3.63, 3.8) is 0 Å². The van der Waals surface area contributed by atoms with Gasteiger partial charge in [0.25, 0.3) is 0 Å². The second kappa shape index (κ2) is 11.9. The molecule has 1 atom stereocenters. The van der Waals surface area contributed by atoms with Crippen molar-refractivity contribution in [2.75, 3.05) is 13.1 Å². The molecule has 0 aliphatic rings. The number of nitrogens with zero attached hydrogens (tertiary/aromatic N) is 4. The molecule has 0 saturated heterocycles. The zero-order chi connectivity index (χ0) is 22.3. The number of rotatable bonds is 8. The van der Waals surface area contributed by atoms with Crippen molar-refractivity contribution in [3.8, 4) is 5.75 Å². The number of benzene rings is 1. The van der Waals surface area contributed by atoms with Crippen molar-refractivity contribution >= 4 is 35.6 Å². The average molecular weight is 562 g/mol. The van der Waals surface area contributed by atoms with Crippen LogP contribution in [0.3, 0.4) is 0 Å². The highest BCUT2D eigenvalue weighted by molar-refractivity contribution is 14.0. The molecular weight excluding hydrogens is 536 g/mol. The van der Waals surface area contributed by atoms with Gasteiger partial charge in [-0.05, 0) is 43.7 Å². The zero-order valence-electron chi connectivity index (χ0n) is 17.8. The highest BCUT2D eigenvalue weighted by atomic mass is 127. The number of aromatic nitrogens is 3. The van der Waals surface area contributed by atoms with Gasteiger partial charge in [-0.25, -0.2) is 4.99 Å². The fourth-order valence-electron chi connectivity index (χ4n) is 2.91. The van der Waals surface area contributed by atoms with E-state index in [1.54, 1.807) is 0 Å². The van der Waals surface area contributed by atoms with Crippen LogP contribution < -0.4 is 15.4 Å². The molecular formula is C21H26F3IN6O. The lowest BCUT2D eigenvalue weighted by Gasteiger charge is -2.20. The Kier molecular flexibility index (Phi) is 9.54. The number of hydrogen-bond donors (Lipinski definition) is 2. The zero-order valence-corrected chi connectivity index (χ0v) is 20.1. The van der Waals surface area contributed by atoms with Gasteiger partial charge < -0.3 is 15.4 Å². The number of guanidine groups is 1. The molecule has 0 saturated carbocycles. The summed E-state index contributed by atoms with van der Waals surface area (Å²) in [4.78, 5) is 4.53. The number of fused-ring (bicyclic) bond motifs is 1. The third-order valence-electron chi connectivity index (χ3n) is 4.52. The lowest BCUT2D eigenvalue weighted by molar-refractivity contribution is -0.137. The molecule has 3 aromatic rings. The van der Waals surface area contributed by atoms with E-state index >= 15 is 0 Å². The van der Waals surface area contributed by atoms with Crippen molar-refractivity contribution in [3.05, 3.63) is 60.0 Å². The van der Waals surface area contributed by atoms with Crippen molar-refractivity contribution in [2.24, 2.45) is 4.99 Å². The van der Waals surface area contributed by atoms with Crippen LogP contribution in [0.15, 0.2) is 53.7 Å². The van der Waals surface area contributed by atoms with Gasteiger partial charge in [-0.3, -0.25) is 4.40 Å². The van der Waals surface area contributed by atoms with Crippen LogP contribution in [0.5, 0.6) is 5.75 Å². The first-order valence-corrected chi connectivity index (χ1v) is 10.1. The summed E-state index contributed by atoms with van der Waals surface area (Å²) in [5.41, 5.74) is 0.00874. The fourth-order valence-corrected chi connectivity index (χ4v) is 2.91. The van der Waals surface area contributed by atoms with Gasteiger partial charge in [-0.2, -0.15) is 13.2 Å². The van der Waals surface area contributed by atoms with Crippen LogP contribution in [0.4, 0.5) is 13.2 Å². The minimum absolute atomic E-state index is 0. The van der Waals surface area contributed by atoms with Crippen LogP contribution >= 0.6 is 24.0 Å². The predicted octanol–water partition coefficient (Wildman–Crippen LogP) is 4.28. The highest BCUT2D eigenvalue weighted by Crippen LogP contribution is 2.31. The molecule has 0 bridgehead atoms. The molecule has 3 rings (SSSR count). The first-order valence-electron chi connectivity index (χ1n) is 10.1. The summed E-state index contributed by atoms with van der Waals surface area (Å²) in [5, 5.41) is 14.6. The van der Waals surface area contributed by atoms with E-state index in [9.17, 15) is 13.2 Å². The molecule has 1 unspecified atom stereocenters. The Hall–Kier alpha value is -2.57. The maximum absolute atomic E-state index is 12.9. The van der Waals surface area contributed by atoms with Crippen molar-refractivity contribution in [2.45, 2.75) is 39.1 Å². The number of hydrogen-bond acceptors (Lipinski definition) is 4. The molecule has 0 fully saturated rings. The molecule has 2 aromatic heterocycles. The molecule has 2 heterocycles. The van der Waals surface area contributed by atoms with E-state index in [0.717, 1.165) is 17.8 Å². The minimum atomic E-state index is -4.41. The molecule has 0 aliphatic carbocycles. The second-order valence-corrected chi connectivity index (χ2v) is 6.79. The lowest BCUT2D eigenvalue weighted by Crippen LogP contribution is -2.42. The van der Waals surface area contributed by atoms with Crippen molar-refractivity contribution in [1.82, 2.24) is 25.2 Å². The molecule has 0 amide bonds. The third-order valence-corrected chi connectivity index (χ3v) is 4.52. The van der Waals surface area contributed by atoms with E-state index in [4.69, 9.17) is 4.74 Å². The maximum Gasteiger partial charge on any atom is 0.416 e. The Morgan fingerprint density at radius 1 is 1.12 bits per heavy atom. The Morgan fingerprint density at radius 3 is 2.66 bits per heavy atom. The summed E-state index contributed by atoms with van der Waals surface area (Å²) in [6, 6.07) is 10.5. The summed E-state index contributed by atoms with van der Waals surface area (Å²) >= 11 is 0. The molecule has 0 spiro atoms. The molecule has 32 heavy (non-hydrogen) atoms. The van der Waals surface area contributed by atoms with Gasteiger partial charge in [-0.15, -0.1) is 34.2 Å². The molecule has 11 heteroatoms. The quantitative estimate of drug-likeness (QED) is 0.244. The van der Waals surface area contributed by atoms with E-state index in [2.05, 4.69) is 25.8 Å². The SMILES string of the molecule is CCNC(=NCc1nnc2ccccn12)NCC(CC)Oc1cccc(C(F)(F)F)c1.I. The second-order valence-electron chi connectivity index (χ2n) is 6.79. The Morgan fingerprint density at radius 2 is 1.94 bits per heavy atom. The van der Waals surface area contributed by atoms with Crippen LogP contribution in [0.25, 0.3) is 5.65 Å². The van der Waals surface area contributed by atoms with E-state index in [1.165, 1.54) is 12.1 Å². The summed E-state index contributed by atoms with van der Waals surface area (Å²) in [6.07, 6.45) is -2.26. The van der Waals surface area contributed by atoms with E-state index in [1.807, 2.05) is 42.6 Å².